The zero-order valence-electron chi connectivity index (χ0n) is 11.9. The van der Waals surface area contributed by atoms with Gasteiger partial charge < -0.3 is 9.73 Å². The van der Waals surface area contributed by atoms with E-state index in [-0.39, 0.29) is 6.04 Å². The summed E-state index contributed by atoms with van der Waals surface area (Å²) in [5.41, 5.74) is 1.53. The van der Waals surface area contributed by atoms with Gasteiger partial charge in [-0.25, -0.2) is 4.98 Å². The van der Waals surface area contributed by atoms with E-state index in [1.54, 1.807) is 6.20 Å². The van der Waals surface area contributed by atoms with E-state index in [0.717, 1.165) is 24.1 Å². The van der Waals surface area contributed by atoms with Gasteiger partial charge in [0.25, 0.3) is 0 Å². The third kappa shape index (κ3) is 3.45. The highest BCUT2D eigenvalue weighted by atomic mass is 16.4. The van der Waals surface area contributed by atoms with E-state index in [2.05, 4.69) is 37.1 Å². The van der Waals surface area contributed by atoms with Crippen molar-refractivity contribution in [2.75, 3.05) is 6.54 Å². The molecule has 0 saturated carbocycles. The summed E-state index contributed by atoms with van der Waals surface area (Å²) >= 11 is 0. The Morgan fingerprint density at radius 1 is 1.50 bits per heavy atom. The quantitative estimate of drug-likeness (QED) is 0.827. The van der Waals surface area contributed by atoms with Crippen LogP contribution in [-0.4, -0.2) is 11.5 Å². The first-order valence-corrected chi connectivity index (χ1v) is 6.87. The Kier molecular flexibility index (Phi) is 4.23. The monoisotopic (exact) mass is 248 g/mol. The average Bonchev–Trinajstić information content (AvgIpc) is 2.71. The van der Waals surface area contributed by atoms with Crippen molar-refractivity contribution in [1.82, 2.24) is 10.3 Å². The van der Waals surface area contributed by atoms with Gasteiger partial charge in [-0.05, 0) is 52.0 Å². The summed E-state index contributed by atoms with van der Waals surface area (Å²) in [6, 6.07) is 0.195. The fourth-order valence-electron chi connectivity index (χ4n) is 2.84. The number of oxazole rings is 1. The van der Waals surface area contributed by atoms with Crippen LogP contribution in [-0.2, 0) is 0 Å². The lowest BCUT2D eigenvalue weighted by molar-refractivity contribution is 0.340. The molecule has 0 saturated heterocycles. The zero-order chi connectivity index (χ0) is 13.1. The summed E-state index contributed by atoms with van der Waals surface area (Å²) in [4.78, 5) is 4.27. The van der Waals surface area contributed by atoms with Crippen LogP contribution in [0.4, 0.5) is 0 Å². The maximum Gasteiger partial charge on any atom is 0.211 e. The first-order valence-electron chi connectivity index (χ1n) is 6.87. The number of aromatic nitrogens is 1. The second kappa shape index (κ2) is 5.70. The molecular weight excluding hydrogens is 224 g/mol. The Labute approximate surface area is 110 Å². The largest absolute Gasteiger partial charge is 0.444 e. The highest BCUT2D eigenvalue weighted by molar-refractivity contribution is 5.06. The van der Waals surface area contributed by atoms with E-state index in [9.17, 15) is 0 Å². The summed E-state index contributed by atoms with van der Waals surface area (Å²) in [6.07, 6.45) is 6.68. The number of nitrogens with zero attached hydrogens (tertiary/aromatic N) is 1. The summed E-state index contributed by atoms with van der Waals surface area (Å²) < 4.78 is 5.54. The summed E-state index contributed by atoms with van der Waals surface area (Å²) in [7, 11) is 0. The summed E-state index contributed by atoms with van der Waals surface area (Å²) in [5.74, 6) is 3.13. The molecule has 1 N–H and O–H groups in total. The standard InChI is InChI=1S/C15H24N2O/c1-10-5-11(2)7-14(6-10)9-16-13(4)15-17-8-12(3)18-15/h5,8,10,13-14,16H,6-7,9H2,1-4H3. The van der Waals surface area contributed by atoms with Gasteiger partial charge in [0.15, 0.2) is 0 Å². The Hall–Kier alpha value is -1.09. The minimum atomic E-state index is 0.195. The van der Waals surface area contributed by atoms with Crippen molar-refractivity contribution in [3.8, 4) is 0 Å². The fourth-order valence-corrected chi connectivity index (χ4v) is 2.84. The molecule has 3 nitrogen and oxygen atoms in total. The molecule has 0 aliphatic heterocycles. The van der Waals surface area contributed by atoms with Crippen molar-refractivity contribution >= 4 is 0 Å². The molecule has 0 aromatic carbocycles. The number of aryl methyl sites for hydroxylation is 1. The number of rotatable bonds is 4. The molecule has 100 valence electrons. The van der Waals surface area contributed by atoms with Crippen LogP contribution in [0.2, 0.25) is 0 Å². The lowest BCUT2D eigenvalue weighted by Gasteiger charge is -2.26. The van der Waals surface area contributed by atoms with Crippen molar-refractivity contribution in [3.05, 3.63) is 29.5 Å². The number of allylic oxidation sites excluding steroid dienone is 2. The topological polar surface area (TPSA) is 38.1 Å². The maximum atomic E-state index is 5.54. The van der Waals surface area contributed by atoms with Gasteiger partial charge in [0.2, 0.25) is 5.89 Å². The first-order chi connectivity index (χ1) is 8.54. The summed E-state index contributed by atoms with van der Waals surface area (Å²) in [5, 5.41) is 3.54. The Bertz CT molecular complexity index is 422. The first kappa shape index (κ1) is 13.3. The normalized spacial score (nSPS) is 25.9. The van der Waals surface area contributed by atoms with Crippen LogP contribution >= 0.6 is 0 Å². The minimum absolute atomic E-state index is 0.195. The second-order valence-electron chi connectivity index (χ2n) is 5.74. The molecule has 0 spiro atoms. The van der Waals surface area contributed by atoms with E-state index >= 15 is 0 Å². The van der Waals surface area contributed by atoms with Gasteiger partial charge in [-0.1, -0.05) is 18.6 Å². The van der Waals surface area contributed by atoms with Crippen LogP contribution in [0, 0.1) is 18.8 Å². The molecule has 3 unspecified atom stereocenters. The Balaban J connectivity index is 1.83. The molecule has 0 fully saturated rings. The smallest absolute Gasteiger partial charge is 0.211 e. The third-order valence-electron chi connectivity index (χ3n) is 3.61. The number of hydrogen-bond donors (Lipinski definition) is 1. The van der Waals surface area contributed by atoms with Gasteiger partial charge in [0, 0.05) is 0 Å². The van der Waals surface area contributed by atoms with Crippen LogP contribution in [0.15, 0.2) is 22.3 Å². The molecule has 3 atom stereocenters. The van der Waals surface area contributed by atoms with Crippen molar-refractivity contribution < 1.29 is 4.42 Å². The van der Waals surface area contributed by atoms with E-state index in [1.165, 1.54) is 18.4 Å². The highest BCUT2D eigenvalue weighted by Gasteiger charge is 2.19. The van der Waals surface area contributed by atoms with Crippen LogP contribution < -0.4 is 5.32 Å². The van der Waals surface area contributed by atoms with Gasteiger partial charge in [0.1, 0.15) is 5.76 Å². The second-order valence-corrected chi connectivity index (χ2v) is 5.74. The van der Waals surface area contributed by atoms with Crippen LogP contribution in [0.25, 0.3) is 0 Å². The van der Waals surface area contributed by atoms with Crippen molar-refractivity contribution in [1.29, 1.82) is 0 Å². The Morgan fingerprint density at radius 2 is 2.28 bits per heavy atom. The van der Waals surface area contributed by atoms with Crippen LogP contribution in [0.3, 0.4) is 0 Å². The van der Waals surface area contributed by atoms with Crippen molar-refractivity contribution in [3.63, 3.8) is 0 Å². The highest BCUT2D eigenvalue weighted by Crippen LogP contribution is 2.27. The van der Waals surface area contributed by atoms with Gasteiger partial charge in [-0.3, -0.25) is 0 Å². The third-order valence-corrected chi connectivity index (χ3v) is 3.61. The molecule has 2 rings (SSSR count). The molecule has 1 heterocycles. The zero-order valence-corrected chi connectivity index (χ0v) is 11.9. The molecule has 1 aliphatic rings. The molecule has 18 heavy (non-hydrogen) atoms. The minimum Gasteiger partial charge on any atom is -0.444 e. The SMILES string of the molecule is CC1=CC(C)CC(CNC(C)c2ncc(C)o2)C1. The molecular formula is C15H24N2O. The lowest BCUT2D eigenvalue weighted by Crippen LogP contribution is -2.28. The molecule has 1 aromatic heterocycles. The molecule has 0 bridgehead atoms. The molecule has 1 aliphatic carbocycles. The maximum absolute atomic E-state index is 5.54. The van der Waals surface area contributed by atoms with Gasteiger partial charge in [-0.15, -0.1) is 0 Å². The average molecular weight is 248 g/mol. The lowest BCUT2D eigenvalue weighted by atomic mass is 9.83. The molecule has 0 amide bonds. The van der Waals surface area contributed by atoms with Crippen molar-refractivity contribution in [2.45, 2.75) is 46.6 Å². The van der Waals surface area contributed by atoms with Gasteiger partial charge in [-0.2, -0.15) is 0 Å². The van der Waals surface area contributed by atoms with Gasteiger partial charge >= 0.3 is 0 Å². The Morgan fingerprint density at radius 3 is 2.89 bits per heavy atom. The van der Waals surface area contributed by atoms with E-state index in [4.69, 9.17) is 4.42 Å². The van der Waals surface area contributed by atoms with Gasteiger partial charge in [0.05, 0.1) is 12.2 Å². The number of nitrogens with one attached hydrogen (secondary N) is 1. The predicted molar refractivity (Wildman–Crippen MR) is 73.3 cm³/mol. The number of hydrogen-bond acceptors (Lipinski definition) is 3. The van der Waals surface area contributed by atoms with Crippen LogP contribution in [0.5, 0.6) is 0 Å². The van der Waals surface area contributed by atoms with E-state index in [0.29, 0.717) is 5.92 Å². The fraction of sp³-hybridized carbons (Fsp3) is 0.667. The molecule has 3 heteroatoms. The summed E-state index contributed by atoms with van der Waals surface area (Å²) in [6.45, 7) is 9.62. The molecule has 1 aromatic rings. The predicted octanol–water partition coefficient (Wildman–Crippen LogP) is 3.63. The van der Waals surface area contributed by atoms with E-state index < -0.39 is 0 Å². The van der Waals surface area contributed by atoms with E-state index in [1.807, 2.05) is 6.92 Å². The molecule has 0 radical (unpaired) electrons. The van der Waals surface area contributed by atoms with Crippen LogP contribution in [0.1, 0.15) is 51.3 Å². The van der Waals surface area contributed by atoms with Crippen molar-refractivity contribution in [2.24, 2.45) is 11.8 Å².